The first-order valence-electron chi connectivity index (χ1n) is 5.91. The number of carboxylic acids is 1. The van der Waals surface area contributed by atoms with Crippen LogP contribution in [-0.4, -0.2) is 54.0 Å². The number of carboxylic acid groups (broad SMARTS) is 1. The Labute approximate surface area is 108 Å². The lowest BCUT2D eigenvalue weighted by Crippen LogP contribution is -2.47. The number of ether oxygens (including phenoxy) is 2. The van der Waals surface area contributed by atoms with Gasteiger partial charge in [-0.2, -0.15) is 0 Å². The maximum absolute atomic E-state index is 12.0. The highest BCUT2D eigenvalue weighted by molar-refractivity contribution is 5.77. The number of methoxy groups -OCH3 is 1. The van der Waals surface area contributed by atoms with Crippen molar-refractivity contribution in [3.8, 4) is 0 Å². The summed E-state index contributed by atoms with van der Waals surface area (Å²) in [6.07, 6.45) is -0.0332. The predicted molar refractivity (Wildman–Crippen MR) is 66.5 cm³/mol. The molecule has 0 aliphatic carbocycles. The van der Waals surface area contributed by atoms with E-state index in [-0.39, 0.29) is 12.6 Å². The van der Waals surface area contributed by atoms with Gasteiger partial charge in [-0.15, -0.1) is 0 Å². The number of aliphatic carboxylic acids is 1. The van der Waals surface area contributed by atoms with Gasteiger partial charge in [0.25, 0.3) is 0 Å². The van der Waals surface area contributed by atoms with Gasteiger partial charge >= 0.3 is 12.1 Å². The number of carbonyl (C=O) groups is 2. The van der Waals surface area contributed by atoms with Crippen molar-refractivity contribution in [3.05, 3.63) is 0 Å². The fourth-order valence-electron chi connectivity index (χ4n) is 1.43. The minimum atomic E-state index is -1.07. The Morgan fingerprint density at radius 1 is 1.33 bits per heavy atom. The molecule has 0 fully saturated rings. The molecule has 6 heteroatoms. The second-order valence-electron chi connectivity index (χ2n) is 5.02. The van der Waals surface area contributed by atoms with Gasteiger partial charge in [-0.1, -0.05) is 6.92 Å². The van der Waals surface area contributed by atoms with Gasteiger partial charge in [0.1, 0.15) is 12.1 Å². The van der Waals surface area contributed by atoms with Crippen LogP contribution in [0.25, 0.3) is 0 Å². The molecule has 0 spiro atoms. The molecule has 1 atom stereocenters. The van der Waals surface area contributed by atoms with Crippen LogP contribution >= 0.6 is 0 Å². The number of nitrogens with zero attached hydrogens (tertiary/aromatic N) is 1. The van der Waals surface area contributed by atoms with E-state index >= 15 is 0 Å². The minimum Gasteiger partial charge on any atom is -0.480 e. The van der Waals surface area contributed by atoms with Crippen LogP contribution in [0.2, 0.25) is 0 Å². The molecule has 0 rings (SSSR count). The summed E-state index contributed by atoms with van der Waals surface area (Å²) in [4.78, 5) is 24.0. The summed E-state index contributed by atoms with van der Waals surface area (Å²) in [7, 11) is 1.51. The molecule has 1 amide bonds. The Hall–Kier alpha value is -1.30. The van der Waals surface area contributed by atoms with Crippen molar-refractivity contribution in [1.29, 1.82) is 0 Å². The Bertz CT molecular complexity index is 285. The SMILES string of the molecule is CC[C@H](COC)N(CC(=O)O)C(=O)OC(C)(C)C. The first kappa shape index (κ1) is 16.7. The largest absolute Gasteiger partial charge is 0.480 e. The standard InChI is InChI=1S/C12H23NO5/c1-6-9(8-17-5)13(7-10(14)15)11(16)18-12(2,3)4/h9H,6-8H2,1-5H3,(H,14,15)/t9-/m1/s1. The Kier molecular flexibility index (Phi) is 6.68. The fourth-order valence-corrected chi connectivity index (χ4v) is 1.43. The third-order valence-electron chi connectivity index (χ3n) is 2.20. The molecule has 0 unspecified atom stereocenters. The smallest absolute Gasteiger partial charge is 0.411 e. The first-order valence-corrected chi connectivity index (χ1v) is 5.91. The Morgan fingerprint density at radius 2 is 1.89 bits per heavy atom. The maximum atomic E-state index is 12.0. The number of amides is 1. The maximum Gasteiger partial charge on any atom is 0.411 e. The normalized spacial score (nSPS) is 12.9. The summed E-state index contributed by atoms with van der Waals surface area (Å²) in [5.41, 5.74) is -0.654. The molecular formula is C12H23NO5. The van der Waals surface area contributed by atoms with Crippen molar-refractivity contribution >= 4 is 12.1 Å². The third-order valence-corrected chi connectivity index (χ3v) is 2.20. The number of hydrogen-bond acceptors (Lipinski definition) is 4. The van der Waals surface area contributed by atoms with Crippen molar-refractivity contribution in [2.45, 2.75) is 45.8 Å². The summed E-state index contributed by atoms with van der Waals surface area (Å²) in [5, 5.41) is 8.85. The predicted octanol–water partition coefficient (Wildman–Crippen LogP) is 1.73. The van der Waals surface area contributed by atoms with Crippen molar-refractivity contribution in [3.63, 3.8) is 0 Å². The van der Waals surface area contributed by atoms with Crippen LogP contribution in [0.3, 0.4) is 0 Å². The van der Waals surface area contributed by atoms with Crippen LogP contribution in [0.5, 0.6) is 0 Å². The monoisotopic (exact) mass is 261 g/mol. The molecule has 0 aliphatic heterocycles. The highest BCUT2D eigenvalue weighted by Crippen LogP contribution is 2.13. The van der Waals surface area contributed by atoms with Gasteiger partial charge in [0.2, 0.25) is 0 Å². The average molecular weight is 261 g/mol. The van der Waals surface area contributed by atoms with Crippen LogP contribution in [-0.2, 0) is 14.3 Å². The second-order valence-corrected chi connectivity index (χ2v) is 5.02. The molecule has 0 aromatic rings. The molecule has 0 aromatic heterocycles. The summed E-state index contributed by atoms with van der Waals surface area (Å²) in [5.74, 6) is -1.07. The van der Waals surface area contributed by atoms with E-state index in [1.165, 1.54) is 12.0 Å². The van der Waals surface area contributed by atoms with Gasteiger partial charge in [-0.25, -0.2) is 4.79 Å². The molecule has 0 bridgehead atoms. The molecule has 0 aromatic carbocycles. The summed E-state index contributed by atoms with van der Waals surface area (Å²) in [6.45, 7) is 6.96. The lowest BCUT2D eigenvalue weighted by Gasteiger charge is -2.31. The molecule has 6 nitrogen and oxygen atoms in total. The Morgan fingerprint density at radius 3 is 2.22 bits per heavy atom. The molecule has 1 N–H and O–H groups in total. The quantitative estimate of drug-likeness (QED) is 0.788. The number of rotatable bonds is 6. The molecule has 0 aliphatic rings. The zero-order valence-electron chi connectivity index (χ0n) is 11.7. The van der Waals surface area contributed by atoms with Crippen molar-refractivity contribution in [1.82, 2.24) is 4.90 Å². The molecule has 0 radical (unpaired) electrons. The van der Waals surface area contributed by atoms with Gasteiger partial charge in [0, 0.05) is 7.11 Å². The molecule has 106 valence electrons. The van der Waals surface area contributed by atoms with Crippen molar-refractivity contribution in [2.24, 2.45) is 0 Å². The minimum absolute atomic E-state index is 0.281. The molecular weight excluding hydrogens is 238 g/mol. The first-order chi connectivity index (χ1) is 8.21. The van der Waals surface area contributed by atoms with Gasteiger partial charge in [0.15, 0.2) is 0 Å². The zero-order valence-corrected chi connectivity index (χ0v) is 11.7. The van der Waals surface area contributed by atoms with Gasteiger partial charge in [-0.05, 0) is 27.2 Å². The van der Waals surface area contributed by atoms with E-state index in [1.54, 1.807) is 20.8 Å². The Balaban J connectivity index is 4.85. The van der Waals surface area contributed by atoms with E-state index in [4.69, 9.17) is 14.6 Å². The van der Waals surface area contributed by atoms with Crippen LogP contribution in [0.1, 0.15) is 34.1 Å². The lowest BCUT2D eigenvalue weighted by molar-refractivity contribution is -0.139. The molecule has 0 saturated heterocycles. The average Bonchev–Trinajstić information content (AvgIpc) is 2.20. The van der Waals surface area contributed by atoms with Crippen LogP contribution in [0.4, 0.5) is 4.79 Å². The van der Waals surface area contributed by atoms with E-state index in [9.17, 15) is 9.59 Å². The fraction of sp³-hybridized carbons (Fsp3) is 0.833. The molecule has 0 saturated carbocycles. The van der Waals surface area contributed by atoms with E-state index in [0.717, 1.165) is 0 Å². The van der Waals surface area contributed by atoms with Crippen LogP contribution in [0, 0.1) is 0 Å². The van der Waals surface area contributed by atoms with Gasteiger partial charge in [0.05, 0.1) is 12.6 Å². The van der Waals surface area contributed by atoms with E-state index in [2.05, 4.69) is 0 Å². The second kappa shape index (κ2) is 7.20. The van der Waals surface area contributed by atoms with Crippen LogP contribution < -0.4 is 0 Å². The molecule has 0 heterocycles. The number of carbonyl (C=O) groups excluding carboxylic acids is 1. The van der Waals surface area contributed by atoms with E-state index in [0.29, 0.717) is 6.42 Å². The summed E-state index contributed by atoms with van der Waals surface area (Å²) in [6, 6.07) is -0.305. The zero-order chi connectivity index (χ0) is 14.3. The number of hydrogen-bond donors (Lipinski definition) is 1. The summed E-state index contributed by atoms with van der Waals surface area (Å²) < 4.78 is 10.2. The lowest BCUT2D eigenvalue weighted by atomic mass is 10.2. The highest BCUT2D eigenvalue weighted by Gasteiger charge is 2.29. The molecule has 18 heavy (non-hydrogen) atoms. The van der Waals surface area contributed by atoms with Crippen LogP contribution in [0.15, 0.2) is 0 Å². The van der Waals surface area contributed by atoms with Crippen molar-refractivity contribution < 1.29 is 24.2 Å². The van der Waals surface area contributed by atoms with Gasteiger partial charge < -0.3 is 14.6 Å². The van der Waals surface area contributed by atoms with Gasteiger partial charge in [-0.3, -0.25) is 9.69 Å². The van der Waals surface area contributed by atoms with E-state index in [1.807, 2.05) is 6.92 Å². The highest BCUT2D eigenvalue weighted by atomic mass is 16.6. The topological polar surface area (TPSA) is 76.1 Å². The van der Waals surface area contributed by atoms with E-state index < -0.39 is 24.2 Å². The summed E-state index contributed by atoms with van der Waals surface area (Å²) >= 11 is 0. The third kappa shape index (κ3) is 6.44. The van der Waals surface area contributed by atoms with Crippen molar-refractivity contribution in [2.75, 3.05) is 20.3 Å².